The molecule has 1 heterocycles. The molecule has 1 rings (SSSR count). The second kappa shape index (κ2) is 4.93. The van der Waals surface area contributed by atoms with E-state index in [-0.39, 0.29) is 5.57 Å². The van der Waals surface area contributed by atoms with E-state index in [1.54, 1.807) is 6.08 Å². The van der Waals surface area contributed by atoms with Crippen molar-refractivity contribution >= 4 is 17.7 Å². The second-order valence-corrected chi connectivity index (χ2v) is 3.96. The van der Waals surface area contributed by atoms with Crippen molar-refractivity contribution in [1.82, 2.24) is 0 Å². The molecule has 13 heavy (non-hydrogen) atoms. The summed E-state index contributed by atoms with van der Waals surface area (Å²) in [4.78, 5) is 11.0. The van der Waals surface area contributed by atoms with E-state index in [1.165, 1.54) is 7.11 Å². The Balaban J connectivity index is 2.65. The zero-order valence-electron chi connectivity index (χ0n) is 7.45. The number of thioether (sulfide) groups is 1. The van der Waals surface area contributed by atoms with Crippen LogP contribution >= 0.6 is 11.8 Å². The van der Waals surface area contributed by atoms with Gasteiger partial charge < -0.3 is 4.74 Å². The molecule has 0 bridgehead atoms. The summed E-state index contributed by atoms with van der Waals surface area (Å²) in [5.41, 5.74) is 0.134. The van der Waals surface area contributed by atoms with Crippen LogP contribution in [0.2, 0.25) is 0 Å². The van der Waals surface area contributed by atoms with Crippen LogP contribution in [0.4, 0.5) is 0 Å². The van der Waals surface area contributed by atoms with Crippen molar-refractivity contribution in [3.63, 3.8) is 0 Å². The minimum atomic E-state index is -0.528. The Morgan fingerprint density at radius 2 is 2.54 bits per heavy atom. The van der Waals surface area contributed by atoms with Crippen LogP contribution in [0.25, 0.3) is 0 Å². The lowest BCUT2D eigenvalue weighted by Crippen LogP contribution is -2.05. The Kier molecular flexibility index (Phi) is 3.84. The van der Waals surface area contributed by atoms with Gasteiger partial charge in [-0.2, -0.15) is 17.0 Å². The number of nitriles is 1. The van der Waals surface area contributed by atoms with Gasteiger partial charge in [-0.05, 0) is 23.8 Å². The molecule has 1 aliphatic rings. The van der Waals surface area contributed by atoms with Gasteiger partial charge in [0.15, 0.2) is 0 Å². The standard InChI is InChI=1S/C9H11NO2S/c1-12-9(11)8(5-10)4-7-2-3-13-6-7/h4,7H,2-3,6H2,1H3/b8-4-. The van der Waals surface area contributed by atoms with Crippen LogP contribution in [-0.2, 0) is 9.53 Å². The normalized spacial score (nSPS) is 22.5. The van der Waals surface area contributed by atoms with E-state index < -0.39 is 5.97 Å². The summed E-state index contributed by atoms with van der Waals surface area (Å²) >= 11 is 1.85. The maximum atomic E-state index is 11.0. The molecular weight excluding hydrogens is 186 g/mol. The highest BCUT2D eigenvalue weighted by Crippen LogP contribution is 2.25. The maximum absolute atomic E-state index is 11.0. The van der Waals surface area contributed by atoms with Gasteiger partial charge in [0.25, 0.3) is 0 Å². The molecular formula is C9H11NO2S. The number of carbonyl (C=O) groups is 1. The van der Waals surface area contributed by atoms with Crippen molar-refractivity contribution in [1.29, 1.82) is 5.26 Å². The second-order valence-electron chi connectivity index (χ2n) is 2.81. The van der Waals surface area contributed by atoms with E-state index in [4.69, 9.17) is 5.26 Å². The van der Waals surface area contributed by atoms with E-state index in [9.17, 15) is 4.79 Å². The Bertz CT molecular complexity index is 261. The predicted molar refractivity (Wildman–Crippen MR) is 51.1 cm³/mol. The van der Waals surface area contributed by atoms with Crippen molar-refractivity contribution in [2.45, 2.75) is 6.42 Å². The van der Waals surface area contributed by atoms with Crippen LogP contribution in [0.5, 0.6) is 0 Å². The third kappa shape index (κ3) is 2.78. The quantitative estimate of drug-likeness (QED) is 0.381. The van der Waals surface area contributed by atoms with Gasteiger partial charge in [-0.25, -0.2) is 4.79 Å². The molecule has 0 aromatic heterocycles. The lowest BCUT2D eigenvalue weighted by Gasteiger charge is -2.01. The van der Waals surface area contributed by atoms with Crippen LogP contribution in [-0.4, -0.2) is 24.6 Å². The molecule has 0 spiro atoms. The molecule has 1 fully saturated rings. The highest BCUT2D eigenvalue weighted by atomic mass is 32.2. The van der Waals surface area contributed by atoms with Gasteiger partial charge in [0, 0.05) is 0 Å². The first-order valence-electron chi connectivity index (χ1n) is 4.06. The minimum Gasteiger partial charge on any atom is -0.465 e. The summed E-state index contributed by atoms with van der Waals surface area (Å²) in [6, 6.07) is 1.86. The van der Waals surface area contributed by atoms with E-state index in [0.717, 1.165) is 17.9 Å². The van der Waals surface area contributed by atoms with Crippen molar-refractivity contribution in [2.24, 2.45) is 5.92 Å². The fraction of sp³-hybridized carbons (Fsp3) is 0.556. The van der Waals surface area contributed by atoms with Gasteiger partial charge in [0.05, 0.1) is 7.11 Å². The minimum absolute atomic E-state index is 0.134. The van der Waals surface area contributed by atoms with Crippen LogP contribution < -0.4 is 0 Å². The summed E-state index contributed by atoms with van der Waals surface area (Å²) in [5.74, 6) is 1.95. The molecule has 3 nitrogen and oxygen atoms in total. The Morgan fingerprint density at radius 1 is 1.77 bits per heavy atom. The number of carbonyl (C=O) groups excluding carboxylic acids is 1. The van der Waals surface area contributed by atoms with Gasteiger partial charge >= 0.3 is 5.97 Å². The SMILES string of the molecule is COC(=O)/C(C#N)=C\C1CCSC1. The van der Waals surface area contributed by atoms with Gasteiger partial charge in [-0.15, -0.1) is 0 Å². The van der Waals surface area contributed by atoms with Crippen molar-refractivity contribution < 1.29 is 9.53 Å². The molecule has 0 amide bonds. The molecule has 1 atom stereocenters. The number of allylic oxidation sites excluding steroid dienone is 1. The van der Waals surface area contributed by atoms with Crippen molar-refractivity contribution in [3.8, 4) is 6.07 Å². The van der Waals surface area contributed by atoms with Crippen LogP contribution in [0, 0.1) is 17.2 Å². The molecule has 0 aromatic carbocycles. The molecule has 0 N–H and O–H groups in total. The third-order valence-corrected chi connectivity index (χ3v) is 3.08. The number of rotatable bonds is 2. The number of ether oxygens (including phenoxy) is 1. The molecule has 0 saturated carbocycles. The fourth-order valence-electron chi connectivity index (χ4n) is 1.18. The predicted octanol–water partition coefficient (Wildman–Crippen LogP) is 1.36. The largest absolute Gasteiger partial charge is 0.465 e. The molecule has 1 saturated heterocycles. The van der Waals surface area contributed by atoms with E-state index in [0.29, 0.717) is 5.92 Å². The number of esters is 1. The maximum Gasteiger partial charge on any atom is 0.348 e. The fourth-order valence-corrected chi connectivity index (χ4v) is 2.38. The number of methoxy groups -OCH3 is 1. The molecule has 4 heteroatoms. The molecule has 0 radical (unpaired) electrons. The topological polar surface area (TPSA) is 50.1 Å². The average molecular weight is 197 g/mol. The summed E-state index contributed by atoms with van der Waals surface area (Å²) in [7, 11) is 1.29. The molecule has 0 aromatic rings. The number of hydrogen-bond acceptors (Lipinski definition) is 4. The Hall–Kier alpha value is -0.950. The first-order valence-corrected chi connectivity index (χ1v) is 5.21. The van der Waals surface area contributed by atoms with E-state index >= 15 is 0 Å². The molecule has 70 valence electrons. The first kappa shape index (κ1) is 10.1. The van der Waals surface area contributed by atoms with E-state index in [1.807, 2.05) is 17.8 Å². The lowest BCUT2D eigenvalue weighted by molar-refractivity contribution is -0.135. The lowest BCUT2D eigenvalue weighted by atomic mass is 10.1. The van der Waals surface area contributed by atoms with Crippen LogP contribution in [0.15, 0.2) is 11.6 Å². The van der Waals surface area contributed by atoms with Crippen LogP contribution in [0.3, 0.4) is 0 Å². The van der Waals surface area contributed by atoms with Gasteiger partial charge in [0.1, 0.15) is 11.6 Å². The smallest absolute Gasteiger partial charge is 0.348 e. The zero-order valence-corrected chi connectivity index (χ0v) is 8.26. The van der Waals surface area contributed by atoms with Gasteiger partial charge in [-0.1, -0.05) is 6.08 Å². The zero-order chi connectivity index (χ0) is 9.68. The molecule has 1 unspecified atom stereocenters. The third-order valence-electron chi connectivity index (χ3n) is 1.89. The number of hydrogen-bond donors (Lipinski definition) is 0. The number of nitrogens with zero attached hydrogens (tertiary/aromatic N) is 1. The molecule has 1 aliphatic heterocycles. The van der Waals surface area contributed by atoms with Crippen molar-refractivity contribution in [3.05, 3.63) is 11.6 Å². The van der Waals surface area contributed by atoms with Gasteiger partial charge in [0.2, 0.25) is 0 Å². The van der Waals surface area contributed by atoms with E-state index in [2.05, 4.69) is 4.74 Å². The van der Waals surface area contributed by atoms with Crippen molar-refractivity contribution in [2.75, 3.05) is 18.6 Å². The van der Waals surface area contributed by atoms with Crippen LogP contribution in [0.1, 0.15) is 6.42 Å². The summed E-state index contributed by atoms with van der Waals surface area (Å²) in [6.07, 6.45) is 2.78. The Morgan fingerprint density at radius 3 is 3.00 bits per heavy atom. The summed E-state index contributed by atoms with van der Waals surface area (Å²) < 4.78 is 4.48. The summed E-state index contributed by atoms with van der Waals surface area (Å²) in [6.45, 7) is 0. The highest BCUT2D eigenvalue weighted by molar-refractivity contribution is 7.99. The Labute approximate surface area is 81.8 Å². The van der Waals surface area contributed by atoms with Gasteiger partial charge in [-0.3, -0.25) is 0 Å². The highest BCUT2D eigenvalue weighted by Gasteiger charge is 2.17. The molecule has 0 aliphatic carbocycles. The summed E-state index contributed by atoms with van der Waals surface area (Å²) in [5, 5.41) is 8.66. The monoisotopic (exact) mass is 197 g/mol. The average Bonchev–Trinajstić information content (AvgIpc) is 2.65. The first-order chi connectivity index (χ1) is 6.27.